The summed E-state index contributed by atoms with van der Waals surface area (Å²) in [6.07, 6.45) is -2.46. The van der Waals surface area contributed by atoms with E-state index < -0.39 is 11.7 Å². The predicted octanol–water partition coefficient (Wildman–Crippen LogP) is 2.25. The van der Waals surface area contributed by atoms with Gasteiger partial charge in [-0.15, -0.1) is 0 Å². The lowest BCUT2D eigenvalue weighted by molar-refractivity contribution is -0.137. The molecule has 0 unspecified atom stereocenters. The molecule has 0 spiro atoms. The van der Waals surface area contributed by atoms with Crippen LogP contribution in [0.5, 0.6) is 5.88 Å². The third-order valence-electron chi connectivity index (χ3n) is 3.20. The smallest absolute Gasteiger partial charge is 0.417 e. The molecule has 0 bridgehead atoms. The van der Waals surface area contributed by atoms with Gasteiger partial charge in [0.1, 0.15) is 6.61 Å². The molecule has 1 saturated heterocycles. The molecule has 2 heterocycles. The maximum absolute atomic E-state index is 12.3. The zero-order valence-electron chi connectivity index (χ0n) is 11.1. The molecule has 2 atom stereocenters. The SMILES string of the molecule is C[C@@H]1OCC[C@@H]1NCCOc1ccc(C(F)(F)F)cn1. The Morgan fingerprint density at radius 2 is 2.25 bits per heavy atom. The Labute approximate surface area is 115 Å². The quantitative estimate of drug-likeness (QED) is 0.845. The minimum absolute atomic E-state index is 0.180. The molecule has 0 aliphatic carbocycles. The molecule has 7 heteroatoms. The number of hydrogen-bond acceptors (Lipinski definition) is 4. The van der Waals surface area contributed by atoms with Crippen LogP contribution in [0.15, 0.2) is 18.3 Å². The summed E-state index contributed by atoms with van der Waals surface area (Å²) in [5, 5.41) is 3.28. The van der Waals surface area contributed by atoms with E-state index in [-0.39, 0.29) is 12.0 Å². The Morgan fingerprint density at radius 1 is 1.45 bits per heavy atom. The van der Waals surface area contributed by atoms with E-state index in [2.05, 4.69) is 10.3 Å². The fraction of sp³-hybridized carbons (Fsp3) is 0.615. The Morgan fingerprint density at radius 3 is 2.80 bits per heavy atom. The summed E-state index contributed by atoms with van der Waals surface area (Å²) in [7, 11) is 0. The zero-order valence-corrected chi connectivity index (χ0v) is 11.1. The number of nitrogens with zero attached hydrogens (tertiary/aromatic N) is 1. The Balaban J connectivity index is 1.71. The maximum Gasteiger partial charge on any atom is 0.417 e. The van der Waals surface area contributed by atoms with Gasteiger partial charge in [0.15, 0.2) is 0 Å². The monoisotopic (exact) mass is 290 g/mol. The number of halogens is 3. The summed E-state index contributed by atoms with van der Waals surface area (Å²) >= 11 is 0. The van der Waals surface area contributed by atoms with E-state index in [1.807, 2.05) is 6.92 Å². The highest BCUT2D eigenvalue weighted by Crippen LogP contribution is 2.29. The van der Waals surface area contributed by atoms with E-state index >= 15 is 0 Å². The summed E-state index contributed by atoms with van der Waals surface area (Å²) in [4.78, 5) is 3.63. The normalized spacial score (nSPS) is 23.0. The second-order valence-corrected chi connectivity index (χ2v) is 4.66. The molecular weight excluding hydrogens is 273 g/mol. The molecule has 112 valence electrons. The van der Waals surface area contributed by atoms with Crippen LogP contribution in [0.2, 0.25) is 0 Å². The molecule has 1 N–H and O–H groups in total. The zero-order chi connectivity index (χ0) is 14.6. The third-order valence-corrected chi connectivity index (χ3v) is 3.20. The summed E-state index contributed by atoms with van der Waals surface area (Å²) in [6.45, 7) is 3.70. The van der Waals surface area contributed by atoms with Crippen LogP contribution in [-0.4, -0.2) is 36.9 Å². The number of nitrogens with one attached hydrogen (secondary N) is 1. The predicted molar refractivity (Wildman–Crippen MR) is 66.6 cm³/mol. The summed E-state index contributed by atoms with van der Waals surface area (Å²) in [5.74, 6) is 0.190. The molecule has 0 saturated carbocycles. The van der Waals surface area contributed by atoms with Gasteiger partial charge in [0.05, 0.1) is 11.7 Å². The van der Waals surface area contributed by atoms with E-state index in [9.17, 15) is 13.2 Å². The van der Waals surface area contributed by atoms with E-state index in [4.69, 9.17) is 9.47 Å². The first kappa shape index (κ1) is 15.1. The van der Waals surface area contributed by atoms with Crippen molar-refractivity contribution in [2.75, 3.05) is 19.8 Å². The van der Waals surface area contributed by atoms with Crippen molar-refractivity contribution in [3.05, 3.63) is 23.9 Å². The lowest BCUT2D eigenvalue weighted by Crippen LogP contribution is -2.37. The maximum atomic E-state index is 12.3. The average molecular weight is 290 g/mol. The minimum atomic E-state index is -4.37. The van der Waals surface area contributed by atoms with Crippen LogP contribution < -0.4 is 10.1 Å². The number of ether oxygens (including phenoxy) is 2. The fourth-order valence-corrected chi connectivity index (χ4v) is 2.03. The van der Waals surface area contributed by atoms with Gasteiger partial charge < -0.3 is 14.8 Å². The van der Waals surface area contributed by atoms with Gasteiger partial charge in [-0.1, -0.05) is 0 Å². The van der Waals surface area contributed by atoms with E-state index in [0.717, 1.165) is 25.3 Å². The average Bonchev–Trinajstić information content (AvgIpc) is 2.80. The van der Waals surface area contributed by atoms with Crippen LogP contribution in [0.1, 0.15) is 18.9 Å². The summed E-state index contributed by atoms with van der Waals surface area (Å²) < 4.78 is 47.7. The molecule has 1 aromatic rings. The van der Waals surface area contributed by atoms with Crippen LogP contribution in [0.4, 0.5) is 13.2 Å². The van der Waals surface area contributed by atoms with E-state index in [0.29, 0.717) is 19.2 Å². The van der Waals surface area contributed by atoms with Crippen molar-refractivity contribution in [3.63, 3.8) is 0 Å². The van der Waals surface area contributed by atoms with Crippen LogP contribution in [0, 0.1) is 0 Å². The standard InChI is InChI=1S/C13H17F3N2O2/c1-9-11(4-6-19-9)17-5-7-20-12-3-2-10(8-18-12)13(14,15)16/h2-3,8-9,11,17H,4-7H2,1H3/t9-,11-/m0/s1. The van der Waals surface area contributed by atoms with Gasteiger partial charge in [0.25, 0.3) is 0 Å². The highest BCUT2D eigenvalue weighted by Gasteiger charge is 2.30. The number of pyridine rings is 1. The van der Waals surface area contributed by atoms with E-state index in [1.165, 1.54) is 6.07 Å². The third kappa shape index (κ3) is 4.08. The van der Waals surface area contributed by atoms with Crippen molar-refractivity contribution in [2.24, 2.45) is 0 Å². The molecule has 1 aliphatic heterocycles. The molecular formula is C13H17F3N2O2. The first-order valence-electron chi connectivity index (χ1n) is 6.48. The van der Waals surface area contributed by atoms with Crippen molar-refractivity contribution in [1.82, 2.24) is 10.3 Å². The Kier molecular flexibility index (Phi) is 4.82. The molecule has 1 fully saturated rings. The van der Waals surface area contributed by atoms with Crippen molar-refractivity contribution in [2.45, 2.75) is 31.7 Å². The van der Waals surface area contributed by atoms with Gasteiger partial charge >= 0.3 is 6.18 Å². The van der Waals surface area contributed by atoms with Crippen molar-refractivity contribution in [1.29, 1.82) is 0 Å². The molecule has 1 aromatic heterocycles. The highest BCUT2D eigenvalue weighted by atomic mass is 19.4. The Bertz CT molecular complexity index is 423. The molecule has 2 rings (SSSR count). The highest BCUT2D eigenvalue weighted by molar-refractivity contribution is 5.20. The Hall–Kier alpha value is -1.34. The second kappa shape index (κ2) is 6.41. The van der Waals surface area contributed by atoms with Crippen LogP contribution in [-0.2, 0) is 10.9 Å². The molecule has 20 heavy (non-hydrogen) atoms. The van der Waals surface area contributed by atoms with Gasteiger partial charge in [-0.2, -0.15) is 13.2 Å². The minimum Gasteiger partial charge on any atom is -0.476 e. The fourth-order valence-electron chi connectivity index (χ4n) is 2.03. The van der Waals surface area contributed by atoms with Gasteiger partial charge in [0, 0.05) is 31.5 Å². The van der Waals surface area contributed by atoms with Crippen molar-refractivity contribution in [3.8, 4) is 5.88 Å². The van der Waals surface area contributed by atoms with E-state index in [1.54, 1.807) is 0 Å². The second-order valence-electron chi connectivity index (χ2n) is 4.66. The van der Waals surface area contributed by atoms with Crippen LogP contribution in [0.25, 0.3) is 0 Å². The number of alkyl halides is 3. The topological polar surface area (TPSA) is 43.4 Å². The molecule has 0 radical (unpaired) electrons. The summed E-state index contributed by atoms with van der Waals surface area (Å²) in [6, 6.07) is 2.49. The molecule has 0 amide bonds. The van der Waals surface area contributed by atoms with Crippen molar-refractivity contribution < 1.29 is 22.6 Å². The number of aromatic nitrogens is 1. The molecule has 4 nitrogen and oxygen atoms in total. The van der Waals surface area contributed by atoms with Crippen molar-refractivity contribution >= 4 is 0 Å². The largest absolute Gasteiger partial charge is 0.476 e. The van der Waals surface area contributed by atoms with Gasteiger partial charge in [-0.3, -0.25) is 0 Å². The van der Waals surface area contributed by atoms with Crippen LogP contribution in [0.3, 0.4) is 0 Å². The summed E-state index contributed by atoms with van der Waals surface area (Å²) in [5.41, 5.74) is -0.778. The molecule has 1 aliphatic rings. The number of rotatable bonds is 5. The van der Waals surface area contributed by atoms with Gasteiger partial charge in [-0.25, -0.2) is 4.98 Å². The molecule has 0 aromatic carbocycles. The van der Waals surface area contributed by atoms with Gasteiger partial charge in [0.2, 0.25) is 5.88 Å². The lowest BCUT2D eigenvalue weighted by Gasteiger charge is -2.16. The van der Waals surface area contributed by atoms with Gasteiger partial charge in [-0.05, 0) is 19.4 Å². The first-order chi connectivity index (χ1) is 9.47. The van der Waals surface area contributed by atoms with Crippen LogP contribution >= 0.6 is 0 Å². The first-order valence-corrected chi connectivity index (χ1v) is 6.48. The number of hydrogen-bond donors (Lipinski definition) is 1. The lowest BCUT2D eigenvalue weighted by atomic mass is 10.1.